The van der Waals surface area contributed by atoms with Crippen molar-refractivity contribution >= 4 is 22.8 Å². The molecule has 0 N–H and O–H groups in total. The van der Waals surface area contributed by atoms with E-state index in [9.17, 15) is 13.6 Å². The Morgan fingerprint density at radius 3 is 2.59 bits per heavy atom. The van der Waals surface area contributed by atoms with E-state index in [0.29, 0.717) is 31.8 Å². The number of fused-ring (bicyclic) bond motifs is 1. The first-order valence-electron chi connectivity index (χ1n) is 12.2. The lowest BCUT2D eigenvalue weighted by molar-refractivity contribution is -0.141. The molecule has 178 valence electrons. The smallest absolute Gasteiger partial charge is 0.260 e. The number of benzene rings is 1. The van der Waals surface area contributed by atoms with Gasteiger partial charge in [0.05, 0.1) is 5.39 Å². The Hall–Kier alpha value is -3.03. The van der Waals surface area contributed by atoms with Gasteiger partial charge in [0.15, 0.2) is 5.67 Å². The van der Waals surface area contributed by atoms with Gasteiger partial charge in [-0.05, 0) is 69.2 Å². The zero-order valence-corrected chi connectivity index (χ0v) is 19.5. The molecular weight excluding hydrogens is 436 g/mol. The first-order chi connectivity index (χ1) is 16.4. The van der Waals surface area contributed by atoms with Gasteiger partial charge in [-0.1, -0.05) is 12.5 Å². The van der Waals surface area contributed by atoms with Crippen molar-refractivity contribution in [3.05, 3.63) is 48.2 Å². The SMILES string of the molecule is C[C@@H]1CN(c2ncnc3c2c(C2CCC2)cn3-c2cccc(F)c2)[C@@H](C)CN1C(=O)C1(F)CC1. The Morgan fingerprint density at radius 2 is 1.91 bits per heavy atom. The minimum absolute atomic E-state index is 0.0210. The number of hydrogen-bond donors (Lipinski definition) is 0. The normalized spacial score (nSPS) is 24.4. The molecule has 2 atom stereocenters. The number of carbonyl (C=O) groups excluding carboxylic acids is 1. The number of aromatic nitrogens is 3. The number of anilines is 1. The second-order valence-electron chi connectivity index (χ2n) is 10.2. The number of halogens is 2. The molecular formula is C26H29F2N5O. The first-order valence-corrected chi connectivity index (χ1v) is 12.2. The van der Waals surface area contributed by atoms with E-state index in [1.165, 1.54) is 24.1 Å². The van der Waals surface area contributed by atoms with Crippen molar-refractivity contribution in [2.24, 2.45) is 0 Å². The van der Waals surface area contributed by atoms with Gasteiger partial charge >= 0.3 is 0 Å². The highest BCUT2D eigenvalue weighted by atomic mass is 19.1. The molecule has 1 aliphatic heterocycles. The van der Waals surface area contributed by atoms with Gasteiger partial charge < -0.3 is 14.4 Å². The maximum atomic E-state index is 14.5. The van der Waals surface area contributed by atoms with E-state index in [2.05, 4.69) is 23.0 Å². The molecule has 3 aromatic rings. The molecule has 2 aromatic heterocycles. The lowest BCUT2D eigenvalue weighted by Crippen LogP contribution is -2.60. The average molecular weight is 466 g/mol. The van der Waals surface area contributed by atoms with Crippen LogP contribution in [0.3, 0.4) is 0 Å². The molecule has 3 fully saturated rings. The topological polar surface area (TPSA) is 54.3 Å². The number of hydrogen-bond acceptors (Lipinski definition) is 4. The molecule has 1 aromatic carbocycles. The quantitative estimate of drug-likeness (QED) is 0.558. The standard InChI is InChI=1S/C26H29F2N5O/c1-16-13-32(25(34)26(28)9-10-26)17(2)12-31(16)23-22-21(18-5-3-6-18)14-33(24(22)30-15-29-23)20-8-4-7-19(27)11-20/h4,7-8,11,14-18H,3,5-6,9-10,12-13H2,1-2H3/t16-,17+/m0/s1. The van der Waals surface area contributed by atoms with Gasteiger partial charge in [-0.15, -0.1) is 0 Å². The van der Waals surface area contributed by atoms with E-state index >= 15 is 0 Å². The fourth-order valence-corrected chi connectivity index (χ4v) is 5.43. The molecule has 2 aliphatic carbocycles. The fourth-order valence-electron chi connectivity index (χ4n) is 5.43. The van der Waals surface area contributed by atoms with Crippen molar-refractivity contribution in [3.63, 3.8) is 0 Å². The van der Waals surface area contributed by atoms with E-state index in [-0.39, 0.29) is 23.8 Å². The highest BCUT2D eigenvalue weighted by Gasteiger charge is 2.54. The van der Waals surface area contributed by atoms with E-state index in [1.54, 1.807) is 17.3 Å². The molecule has 8 heteroatoms. The molecule has 1 saturated heterocycles. The van der Waals surface area contributed by atoms with Crippen LogP contribution in [0.5, 0.6) is 0 Å². The Morgan fingerprint density at radius 1 is 1.12 bits per heavy atom. The molecule has 2 saturated carbocycles. The van der Waals surface area contributed by atoms with E-state index in [1.807, 2.05) is 17.6 Å². The monoisotopic (exact) mass is 465 g/mol. The molecule has 3 heterocycles. The molecule has 0 unspecified atom stereocenters. The summed E-state index contributed by atoms with van der Waals surface area (Å²) in [5.41, 5.74) is 1.03. The summed E-state index contributed by atoms with van der Waals surface area (Å²) in [5, 5.41) is 0.999. The van der Waals surface area contributed by atoms with Crippen LogP contribution in [0.15, 0.2) is 36.8 Å². The van der Waals surface area contributed by atoms with E-state index in [0.717, 1.165) is 35.4 Å². The van der Waals surface area contributed by atoms with Crippen molar-refractivity contribution in [1.82, 2.24) is 19.4 Å². The Labute approximate surface area is 197 Å². The summed E-state index contributed by atoms with van der Waals surface area (Å²) < 4.78 is 30.5. The van der Waals surface area contributed by atoms with Crippen LogP contribution in [-0.2, 0) is 4.79 Å². The van der Waals surface area contributed by atoms with Crippen LogP contribution < -0.4 is 4.90 Å². The van der Waals surface area contributed by atoms with Crippen molar-refractivity contribution in [2.75, 3.05) is 18.0 Å². The maximum Gasteiger partial charge on any atom is 0.260 e. The predicted octanol–water partition coefficient (Wildman–Crippen LogP) is 4.75. The average Bonchev–Trinajstić information content (AvgIpc) is 3.43. The lowest BCUT2D eigenvalue weighted by atomic mass is 9.80. The van der Waals surface area contributed by atoms with Gasteiger partial charge in [0.1, 0.15) is 23.6 Å². The number of rotatable bonds is 4. The van der Waals surface area contributed by atoms with Crippen LogP contribution in [0.1, 0.15) is 57.4 Å². The largest absolute Gasteiger partial charge is 0.349 e. The van der Waals surface area contributed by atoms with Crippen LogP contribution in [0.4, 0.5) is 14.6 Å². The summed E-state index contributed by atoms with van der Waals surface area (Å²) >= 11 is 0. The lowest BCUT2D eigenvalue weighted by Gasteiger charge is -2.45. The van der Waals surface area contributed by atoms with Crippen LogP contribution in [-0.4, -0.2) is 56.2 Å². The highest BCUT2D eigenvalue weighted by molar-refractivity contribution is 5.93. The van der Waals surface area contributed by atoms with E-state index in [4.69, 9.17) is 4.98 Å². The molecule has 3 aliphatic rings. The van der Waals surface area contributed by atoms with Gasteiger partial charge in [0.25, 0.3) is 5.91 Å². The van der Waals surface area contributed by atoms with Crippen LogP contribution in [0, 0.1) is 5.82 Å². The third-order valence-corrected chi connectivity index (χ3v) is 7.81. The van der Waals surface area contributed by atoms with Crippen LogP contribution in [0.25, 0.3) is 16.7 Å². The second kappa shape index (κ2) is 7.75. The maximum absolute atomic E-state index is 14.5. The van der Waals surface area contributed by atoms with Crippen molar-refractivity contribution in [2.45, 2.75) is 69.6 Å². The van der Waals surface area contributed by atoms with Gasteiger partial charge in [-0.25, -0.2) is 18.7 Å². The van der Waals surface area contributed by atoms with Crippen molar-refractivity contribution in [3.8, 4) is 5.69 Å². The number of piperazine rings is 1. The number of alkyl halides is 1. The predicted molar refractivity (Wildman–Crippen MR) is 126 cm³/mol. The highest BCUT2D eigenvalue weighted by Crippen LogP contribution is 2.45. The van der Waals surface area contributed by atoms with Crippen molar-refractivity contribution < 1.29 is 13.6 Å². The van der Waals surface area contributed by atoms with E-state index < -0.39 is 5.67 Å². The number of nitrogens with zero attached hydrogens (tertiary/aromatic N) is 5. The number of amides is 1. The van der Waals surface area contributed by atoms with Crippen LogP contribution >= 0.6 is 0 Å². The molecule has 0 radical (unpaired) electrons. The van der Waals surface area contributed by atoms with Gasteiger partial charge in [0, 0.05) is 37.1 Å². The zero-order chi connectivity index (χ0) is 23.6. The first kappa shape index (κ1) is 21.5. The summed E-state index contributed by atoms with van der Waals surface area (Å²) in [6.07, 6.45) is 7.74. The summed E-state index contributed by atoms with van der Waals surface area (Å²) in [6.45, 7) is 5.07. The van der Waals surface area contributed by atoms with Crippen molar-refractivity contribution in [1.29, 1.82) is 0 Å². The summed E-state index contributed by atoms with van der Waals surface area (Å²) in [7, 11) is 0. The van der Waals surface area contributed by atoms with Crippen LogP contribution in [0.2, 0.25) is 0 Å². The summed E-state index contributed by atoms with van der Waals surface area (Å²) in [6, 6.07) is 6.40. The Kier molecular flexibility index (Phi) is 4.90. The minimum atomic E-state index is -1.65. The van der Waals surface area contributed by atoms with Gasteiger partial charge in [0.2, 0.25) is 0 Å². The summed E-state index contributed by atoms with van der Waals surface area (Å²) in [4.78, 5) is 26.0. The van der Waals surface area contributed by atoms with Gasteiger partial charge in [-0.2, -0.15) is 0 Å². The minimum Gasteiger partial charge on any atom is -0.349 e. The molecule has 1 amide bonds. The third kappa shape index (κ3) is 3.37. The van der Waals surface area contributed by atoms with Gasteiger partial charge in [-0.3, -0.25) is 4.79 Å². The molecule has 0 spiro atoms. The summed E-state index contributed by atoms with van der Waals surface area (Å²) in [5.74, 6) is 0.615. The zero-order valence-electron chi connectivity index (χ0n) is 19.5. The fraction of sp³-hybridized carbons (Fsp3) is 0.500. The molecule has 0 bridgehead atoms. The second-order valence-corrected chi connectivity index (χ2v) is 10.2. The number of carbonyl (C=O) groups is 1. The third-order valence-electron chi connectivity index (χ3n) is 7.81. The Balaban J connectivity index is 1.42. The Bertz CT molecular complexity index is 1270. The molecule has 6 rings (SSSR count). The molecule has 6 nitrogen and oxygen atoms in total. The molecule has 34 heavy (non-hydrogen) atoms.